The van der Waals surface area contributed by atoms with Crippen molar-refractivity contribution in [2.24, 2.45) is 0 Å². The van der Waals surface area contributed by atoms with Crippen molar-refractivity contribution >= 4 is 5.69 Å². The van der Waals surface area contributed by atoms with Gasteiger partial charge in [-0.15, -0.1) is 0 Å². The molecule has 5 nitrogen and oxygen atoms in total. The Bertz CT molecular complexity index is 268. The highest BCUT2D eigenvalue weighted by molar-refractivity contribution is 5.30. The van der Waals surface area contributed by atoms with Crippen LogP contribution in [0.4, 0.5) is 5.69 Å². The summed E-state index contributed by atoms with van der Waals surface area (Å²) in [5.41, 5.74) is 6.05. The smallest absolute Gasteiger partial charge is 0.158 e. The van der Waals surface area contributed by atoms with Gasteiger partial charge in [0.25, 0.3) is 0 Å². The van der Waals surface area contributed by atoms with Crippen LogP contribution in [0.15, 0.2) is 12.4 Å². The molecule has 0 amide bonds. The Morgan fingerprint density at radius 3 is 2.85 bits per heavy atom. The number of nitrogens with two attached hydrogens (primary N) is 1. The summed E-state index contributed by atoms with van der Waals surface area (Å²) < 4.78 is 5.48. The fourth-order valence-electron chi connectivity index (χ4n) is 1.25. The largest absolute Gasteiger partial charge is 0.396 e. The summed E-state index contributed by atoms with van der Waals surface area (Å²) in [6.45, 7) is 2.37. The number of nitrogen functional groups attached to an aromatic ring is 1. The lowest BCUT2D eigenvalue weighted by molar-refractivity contribution is 0.0221. The lowest BCUT2D eigenvalue weighted by Crippen LogP contribution is -2.34. The molecule has 5 heteroatoms. The van der Waals surface area contributed by atoms with E-state index in [1.807, 2.05) is 0 Å². The summed E-state index contributed by atoms with van der Waals surface area (Å²) in [7, 11) is 0. The predicted octanol–water partition coefficient (Wildman–Crippen LogP) is -0.280. The predicted molar refractivity (Wildman–Crippen MR) is 48.0 cm³/mol. The molecule has 70 valence electrons. The van der Waals surface area contributed by atoms with Crippen LogP contribution in [0.25, 0.3) is 0 Å². The van der Waals surface area contributed by atoms with Crippen molar-refractivity contribution in [2.75, 3.05) is 25.4 Å². The van der Waals surface area contributed by atoms with Crippen LogP contribution in [0.1, 0.15) is 11.9 Å². The third-order valence-corrected chi connectivity index (χ3v) is 1.91. The zero-order valence-electron chi connectivity index (χ0n) is 7.23. The van der Waals surface area contributed by atoms with Crippen molar-refractivity contribution < 1.29 is 4.74 Å². The zero-order chi connectivity index (χ0) is 9.10. The minimum atomic E-state index is -0.0330. The van der Waals surface area contributed by atoms with E-state index in [0.29, 0.717) is 18.1 Å². The molecule has 1 fully saturated rings. The molecule has 1 aromatic rings. The summed E-state index contributed by atoms with van der Waals surface area (Å²) in [5.74, 6) is 0.696. The molecule has 2 heterocycles. The fourth-order valence-corrected chi connectivity index (χ4v) is 1.25. The zero-order valence-corrected chi connectivity index (χ0v) is 7.23. The van der Waals surface area contributed by atoms with Gasteiger partial charge in [-0.2, -0.15) is 0 Å². The molecule has 1 unspecified atom stereocenters. The van der Waals surface area contributed by atoms with Crippen LogP contribution in [-0.4, -0.2) is 29.7 Å². The van der Waals surface area contributed by atoms with Crippen LogP contribution >= 0.6 is 0 Å². The van der Waals surface area contributed by atoms with Gasteiger partial charge in [-0.25, -0.2) is 9.97 Å². The third-order valence-electron chi connectivity index (χ3n) is 1.91. The molecule has 1 aliphatic heterocycles. The maximum atomic E-state index is 5.48. The Hall–Kier alpha value is -1.20. The standard InChI is InChI=1S/C8H12N4O/c9-6-3-11-8(12-4-6)7-5-10-1-2-13-7/h3-4,7,10H,1-2,5,9H2. The molecule has 1 atom stereocenters. The Labute approximate surface area is 76.3 Å². The second-order valence-corrected chi connectivity index (χ2v) is 2.94. The van der Waals surface area contributed by atoms with Crippen LogP contribution in [0, 0.1) is 0 Å². The van der Waals surface area contributed by atoms with Crippen LogP contribution in [0.2, 0.25) is 0 Å². The van der Waals surface area contributed by atoms with Gasteiger partial charge in [0.05, 0.1) is 24.7 Å². The summed E-state index contributed by atoms with van der Waals surface area (Å²) in [6, 6.07) is 0. The van der Waals surface area contributed by atoms with Crippen molar-refractivity contribution in [3.05, 3.63) is 18.2 Å². The van der Waals surface area contributed by atoms with Gasteiger partial charge in [0, 0.05) is 13.1 Å². The molecule has 13 heavy (non-hydrogen) atoms. The second-order valence-electron chi connectivity index (χ2n) is 2.94. The van der Waals surface area contributed by atoms with E-state index in [2.05, 4.69) is 15.3 Å². The number of hydrogen-bond acceptors (Lipinski definition) is 5. The number of nitrogens with one attached hydrogen (secondary N) is 1. The molecule has 0 saturated carbocycles. The van der Waals surface area contributed by atoms with Crippen molar-refractivity contribution in [1.29, 1.82) is 0 Å². The van der Waals surface area contributed by atoms with Crippen LogP contribution in [-0.2, 0) is 4.74 Å². The average molecular weight is 180 g/mol. The molecule has 1 aliphatic rings. The number of morpholine rings is 1. The van der Waals surface area contributed by atoms with E-state index in [1.54, 1.807) is 12.4 Å². The van der Waals surface area contributed by atoms with E-state index < -0.39 is 0 Å². The molecule has 0 radical (unpaired) electrons. The molecule has 2 rings (SSSR count). The summed E-state index contributed by atoms with van der Waals surface area (Å²) >= 11 is 0. The van der Waals surface area contributed by atoms with Gasteiger partial charge in [0.1, 0.15) is 6.10 Å². The average Bonchev–Trinajstić information content (AvgIpc) is 2.20. The SMILES string of the molecule is Nc1cnc(C2CNCCO2)nc1. The summed E-state index contributed by atoms with van der Waals surface area (Å²) in [4.78, 5) is 8.20. The molecular weight excluding hydrogens is 168 g/mol. The van der Waals surface area contributed by atoms with E-state index in [1.165, 1.54) is 0 Å². The summed E-state index contributed by atoms with van der Waals surface area (Å²) in [6.07, 6.45) is 3.16. The minimum Gasteiger partial charge on any atom is -0.396 e. The Kier molecular flexibility index (Phi) is 2.37. The van der Waals surface area contributed by atoms with Crippen molar-refractivity contribution in [3.8, 4) is 0 Å². The Balaban J connectivity index is 2.10. The number of hydrogen-bond donors (Lipinski definition) is 2. The van der Waals surface area contributed by atoms with E-state index in [9.17, 15) is 0 Å². The molecule has 3 N–H and O–H groups in total. The maximum Gasteiger partial charge on any atom is 0.158 e. The molecule has 1 aromatic heterocycles. The lowest BCUT2D eigenvalue weighted by atomic mass is 10.3. The van der Waals surface area contributed by atoms with E-state index in [4.69, 9.17) is 10.5 Å². The number of rotatable bonds is 1. The topological polar surface area (TPSA) is 73.1 Å². The first-order valence-corrected chi connectivity index (χ1v) is 4.26. The van der Waals surface area contributed by atoms with Gasteiger partial charge in [-0.1, -0.05) is 0 Å². The first-order chi connectivity index (χ1) is 6.36. The van der Waals surface area contributed by atoms with Gasteiger partial charge in [-0.3, -0.25) is 0 Å². The number of anilines is 1. The fraction of sp³-hybridized carbons (Fsp3) is 0.500. The first-order valence-electron chi connectivity index (χ1n) is 4.26. The van der Waals surface area contributed by atoms with Gasteiger partial charge in [-0.05, 0) is 0 Å². The van der Waals surface area contributed by atoms with Gasteiger partial charge >= 0.3 is 0 Å². The highest BCUT2D eigenvalue weighted by atomic mass is 16.5. The number of ether oxygens (including phenoxy) is 1. The third kappa shape index (κ3) is 1.93. The van der Waals surface area contributed by atoms with Crippen molar-refractivity contribution in [1.82, 2.24) is 15.3 Å². The molecule has 1 saturated heterocycles. The van der Waals surface area contributed by atoms with Crippen LogP contribution < -0.4 is 11.1 Å². The Morgan fingerprint density at radius 1 is 1.46 bits per heavy atom. The second kappa shape index (κ2) is 3.68. The Morgan fingerprint density at radius 2 is 2.23 bits per heavy atom. The molecular formula is C8H12N4O. The maximum absolute atomic E-state index is 5.48. The molecule has 0 aliphatic carbocycles. The molecule has 0 aromatic carbocycles. The normalized spacial score (nSPS) is 22.9. The van der Waals surface area contributed by atoms with Crippen molar-refractivity contribution in [2.45, 2.75) is 6.10 Å². The monoisotopic (exact) mass is 180 g/mol. The number of nitrogens with zero attached hydrogens (tertiary/aromatic N) is 2. The van der Waals surface area contributed by atoms with Gasteiger partial charge in [0.2, 0.25) is 0 Å². The highest BCUT2D eigenvalue weighted by Gasteiger charge is 2.17. The quantitative estimate of drug-likeness (QED) is 0.621. The van der Waals surface area contributed by atoms with Crippen LogP contribution in [0.5, 0.6) is 0 Å². The minimum absolute atomic E-state index is 0.0330. The molecule has 0 bridgehead atoms. The van der Waals surface area contributed by atoms with Gasteiger partial charge < -0.3 is 15.8 Å². The van der Waals surface area contributed by atoms with Gasteiger partial charge in [0.15, 0.2) is 5.82 Å². The molecule has 0 spiro atoms. The number of aromatic nitrogens is 2. The van der Waals surface area contributed by atoms with Crippen molar-refractivity contribution in [3.63, 3.8) is 0 Å². The lowest BCUT2D eigenvalue weighted by Gasteiger charge is -2.22. The van der Waals surface area contributed by atoms with E-state index >= 15 is 0 Å². The summed E-state index contributed by atoms with van der Waals surface area (Å²) in [5, 5.41) is 3.21. The van der Waals surface area contributed by atoms with E-state index in [-0.39, 0.29) is 6.10 Å². The van der Waals surface area contributed by atoms with E-state index in [0.717, 1.165) is 13.1 Å². The highest BCUT2D eigenvalue weighted by Crippen LogP contribution is 2.13. The van der Waals surface area contributed by atoms with Crippen LogP contribution in [0.3, 0.4) is 0 Å². The first kappa shape index (κ1) is 8.40.